The Labute approximate surface area is 458 Å². The summed E-state index contributed by atoms with van der Waals surface area (Å²) in [6.07, 6.45) is 0. The Morgan fingerprint density at radius 2 is 0.865 bits per heavy atom. The van der Waals surface area contributed by atoms with Crippen molar-refractivity contribution in [3.63, 3.8) is 0 Å². The number of benzene rings is 7. The number of hydrogen-bond acceptors (Lipinski definition) is 9. The highest BCUT2D eigenvalue weighted by atomic mass is 79.9. The van der Waals surface area contributed by atoms with Gasteiger partial charge in [0.2, 0.25) is 0 Å². The molecule has 0 aliphatic rings. The molecular formula is C52H36Br3Cl2F6N3O6S2. The highest BCUT2D eigenvalue weighted by Crippen LogP contribution is 2.33. The zero-order valence-corrected chi connectivity index (χ0v) is 45.8. The minimum absolute atomic E-state index is 0.106. The molecule has 0 saturated heterocycles. The van der Waals surface area contributed by atoms with Crippen molar-refractivity contribution in [1.82, 2.24) is 9.97 Å². The van der Waals surface area contributed by atoms with Crippen LogP contribution in [0.4, 0.5) is 26.3 Å². The number of carbonyl (C=O) groups excluding carboxylic acids is 1. The van der Waals surface area contributed by atoms with E-state index in [1.54, 1.807) is 19.1 Å². The zero-order chi connectivity index (χ0) is 54.7. The number of aromatic nitrogens is 2. The minimum Gasteiger partial charge on any atom is -0.295 e. The predicted octanol–water partition coefficient (Wildman–Crippen LogP) is 16.7. The lowest BCUT2D eigenvalue weighted by Gasteiger charge is -2.10. The van der Waals surface area contributed by atoms with Gasteiger partial charge in [-0.25, -0.2) is 9.97 Å². The highest BCUT2D eigenvalue weighted by Gasteiger charge is 2.57. The fraction of sp³-hybridized carbons (Fsp3) is 0.0769. The lowest BCUT2D eigenvalue weighted by Crippen LogP contribution is -2.34. The van der Waals surface area contributed by atoms with Crippen LogP contribution in [0.25, 0.3) is 56.2 Å². The van der Waals surface area contributed by atoms with E-state index >= 15 is 0 Å². The second-order valence-corrected chi connectivity index (χ2v) is 21.4. The third kappa shape index (κ3) is 18.9. The minimum atomic E-state index is -6.85. The molecule has 0 atom stereocenters. The standard InChI is InChI=1S/C28H18Br2N2.C14H12O.C7H4BrN.C2F6O5S2.CH2Cl2/c29-24-10-4-8-22(16-24)27-18-26(31-28(32-27)23-9-5-11-25(30)17-23)21-14-12-20(13-15-21)19-6-2-1-3-7-19;1-11(15)12-7-9-14(10-8-12)13-5-3-2-4-6-13;8-7-3-1-2-6(4-7)5-9;3-1(4,5)14(9,10)13-15(11,12)2(6,7)8;2-1-3/h1-18H;2-10H,1H3;1-4H;;1H2. The zero-order valence-electron chi connectivity index (χ0n) is 37.9. The molecule has 0 unspecified atom stereocenters. The van der Waals surface area contributed by atoms with Crippen LogP contribution in [0.3, 0.4) is 0 Å². The maximum atomic E-state index is 11.4. The number of nitriles is 1. The van der Waals surface area contributed by atoms with Crippen LogP contribution >= 0.6 is 71.0 Å². The number of hydrogen-bond donors (Lipinski definition) is 0. The quantitative estimate of drug-likeness (QED) is 0.0628. The van der Waals surface area contributed by atoms with E-state index in [0.717, 1.165) is 52.6 Å². The monoisotopic (exact) mass is 1280 g/mol. The van der Waals surface area contributed by atoms with Gasteiger partial charge in [0, 0.05) is 35.7 Å². The number of rotatable bonds is 8. The summed E-state index contributed by atoms with van der Waals surface area (Å²) >= 11 is 19.9. The van der Waals surface area contributed by atoms with E-state index in [4.69, 9.17) is 38.4 Å². The van der Waals surface area contributed by atoms with Crippen LogP contribution in [0, 0.1) is 11.3 Å². The van der Waals surface area contributed by atoms with Gasteiger partial charge in [-0.2, -0.15) is 48.4 Å². The number of alkyl halides is 8. The first-order valence-corrected chi connectivity index (χ1v) is 27.0. The molecule has 9 nitrogen and oxygen atoms in total. The summed E-state index contributed by atoms with van der Waals surface area (Å²) in [7, 11) is -13.7. The smallest absolute Gasteiger partial charge is 0.295 e. The fourth-order valence-electron chi connectivity index (χ4n) is 5.89. The van der Waals surface area contributed by atoms with Crippen LogP contribution in [0.15, 0.2) is 201 Å². The molecule has 0 saturated carbocycles. The Hall–Kier alpha value is -5.76. The first-order chi connectivity index (χ1) is 34.9. The van der Waals surface area contributed by atoms with Crippen LogP contribution in [0.1, 0.15) is 22.8 Å². The molecule has 0 spiro atoms. The number of halogens is 11. The molecule has 0 amide bonds. The van der Waals surface area contributed by atoms with Gasteiger partial charge in [0.25, 0.3) is 0 Å². The molecule has 7 aromatic carbocycles. The third-order valence-corrected chi connectivity index (χ3v) is 13.4. The summed E-state index contributed by atoms with van der Waals surface area (Å²) in [5.74, 6) is 0.806. The molecule has 0 aliphatic carbocycles. The lowest BCUT2D eigenvalue weighted by atomic mass is 10.0. The molecule has 1 aromatic heterocycles. The maximum Gasteiger partial charge on any atom is 0.524 e. The summed E-state index contributed by atoms with van der Waals surface area (Å²) in [6, 6.07) is 64.4. The summed E-state index contributed by atoms with van der Waals surface area (Å²) in [5, 5.41) is 8.59. The maximum absolute atomic E-state index is 11.4. The second-order valence-electron chi connectivity index (χ2n) is 14.5. The predicted molar refractivity (Wildman–Crippen MR) is 288 cm³/mol. The molecule has 22 heteroatoms. The normalized spacial score (nSPS) is 11.1. The molecule has 8 rings (SSSR count). The van der Waals surface area contributed by atoms with Crippen LogP contribution in [0.2, 0.25) is 0 Å². The van der Waals surface area contributed by atoms with E-state index in [2.05, 4.69) is 127 Å². The van der Waals surface area contributed by atoms with E-state index in [1.165, 1.54) is 16.7 Å². The molecule has 0 radical (unpaired) electrons. The van der Waals surface area contributed by atoms with Crippen molar-refractivity contribution in [1.29, 1.82) is 5.26 Å². The van der Waals surface area contributed by atoms with Crippen molar-refractivity contribution < 1.29 is 51.6 Å². The Balaban J connectivity index is 0.000000236. The molecule has 0 aliphatic heterocycles. The molecule has 0 bridgehead atoms. The van der Waals surface area contributed by atoms with Crippen LogP contribution in [-0.2, 0) is 23.9 Å². The first kappa shape index (κ1) is 60.8. The second kappa shape index (κ2) is 28.2. The summed E-state index contributed by atoms with van der Waals surface area (Å²) in [6.45, 7) is 1.58. The summed E-state index contributed by atoms with van der Waals surface area (Å²) < 4.78 is 113. The number of carbonyl (C=O) groups is 1. The van der Waals surface area contributed by atoms with Gasteiger partial charge >= 0.3 is 31.3 Å². The Kier molecular flexibility index (Phi) is 23.2. The lowest BCUT2D eigenvalue weighted by molar-refractivity contribution is -0.0585. The average Bonchev–Trinajstić information content (AvgIpc) is 3.37. The van der Waals surface area contributed by atoms with Crippen molar-refractivity contribution in [2.45, 2.75) is 17.9 Å². The third-order valence-electron chi connectivity index (χ3n) is 9.32. The van der Waals surface area contributed by atoms with Crippen molar-refractivity contribution in [3.05, 3.63) is 213 Å². The summed E-state index contributed by atoms with van der Waals surface area (Å²) in [4.78, 5) is 20.9. The van der Waals surface area contributed by atoms with Crippen molar-refractivity contribution in [3.8, 4) is 62.2 Å². The van der Waals surface area contributed by atoms with Gasteiger partial charge in [-0.15, -0.1) is 26.8 Å². The Morgan fingerprint density at radius 1 is 0.514 bits per heavy atom. The molecule has 0 N–H and O–H groups in total. The topological polar surface area (TPSA) is 144 Å². The van der Waals surface area contributed by atoms with Crippen molar-refractivity contribution in [2.75, 3.05) is 5.34 Å². The summed E-state index contributed by atoms with van der Waals surface area (Å²) in [5.41, 5.74) is -1.53. The molecule has 384 valence electrons. The van der Waals surface area contributed by atoms with Gasteiger partial charge < -0.3 is 0 Å². The van der Waals surface area contributed by atoms with Crippen LogP contribution < -0.4 is 0 Å². The van der Waals surface area contributed by atoms with Crippen LogP contribution in [0.5, 0.6) is 0 Å². The van der Waals surface area contributed by atoms with Gasteiger partial charge in [0.15, 0.2) is 11.6 Å². The van der Waals surface area contributed by atoms with Gasteiger partial charge in [0.1, 0.15) is 0 Å². The number of ketones is 1. The Bertz CT molecular complexity index is 3290. The van der Waals surface area contributed by atoms with E-state index in [-0.39, 0.29) is 11.1 Å². The SMILES string of the molecule is Brc1cccc(-c2cc(-c3ccc(-c4ccccc4)cc3)nc(-c3cccc(Br)c3)n2)c1.CC(=O)c1ccc(-c2ccccc2)cc1.ClCCl.N#Cc1cccc(Br)c1.O=S(=O)(OS(=O)(=O)C(F)(F)F)C(F)(F)F. The molecule has 8 aromatic rings. The molecule has 1 heterocycles. The van der Waals surface area contributed by atoms with E-state index < -0.39 is 31.3 Å². The highest BCUT2D eigenvalue weighted by molar-refractivity contribution is 9.11. The Morgan fingerprint density at radius 3 is 1.26 bits per heavy atom. The number of Topliss-reactive ketones (excluding diaryl/α,β-unsaturated/α-hetero) is 1. The van der Waals surface area contributed by atoms with Gasteiger partial charge in [-0.05, 0) is 77.7 Å². The van der Waals surface area contributed by atoms with Crippen molar-refractivity contribution in [2.24, 2.45) is 0 Å². The van der Waals surface area contributed by atoms with Crippen molar-refractivity contribution >= 4 is 97.0 Å². The van der Waals surface area contributed by atoms with Crippen LogP contribution in [-0.4, -0.2) is 48.9 Å². The molecule has 74 heavy (non-hydrogen) atoms. The first-order valence-electron chi connectivity index (χ1n) is 20.7. The van der Waals surface area contributed by atoms with Gasteiger partial charge in [-0.3, -0.25) is 4.79 Å². The fourth-order valence-corrected chi connectivity index (χ4v) is 8.65. The average molecular weight is 1290 g/mol. The number of nitrogens with zero attached hydrogens (tertiary/aromatic N) is 3. The molecule has 0 fully saturated rings. The van der Waals surface area contributed by atoms with Gasteiger partial charge in [-0.1, -0.05) is 187 Å². The van der Waals surface area contributed by atoms with E-state index in [9.17, 15) is 48.0 Å². The van der Waals surface area contributed by atoms with E-state index in [0.29, 0.717) is 11.4 Å². The molecular weight excluding hydrogens is 1250 g/mol. The van der Waals surface area contributed by atoms with E-state index in [1.807, 2.05) is 107 Å². The largest absolute Gasteiger partial charge is 0.524 e. The van der Waals surface area contributed by atoms with Gasteiger partial charge in [0.05, 0.1) is 28.4 Å².